The molecule has 0 aliphatic heterocycles. The zero-order chi connectivity index (χ0) is 73.1. The standard InChI is InChI=1S/C57H68N2O2.4C9H7NO.2Al/c1-7-9-11-13-15-17-35-57(36-18-16-14-12-10-8-2)53-37-41(3)55(58(5)47-27-19-43(20-28-47)45-23-31-49(60)32-24-45)39-51(53)52-40-56(42(4)38-54(52)57)59(6)48-29-21-44(22-30-48)46-25-33-50(61)34-26-46;4*11-8-5-1-3-7-4-2-6-10-9(7)8;;/h19-34,37-40,60-61H,7-18,35-36H2,1-6H3;4*1-6,11H;;/q;;;;;2*+3/p-6. The maximum absolute atomic E-state index is 6.69. The minimum absolute atomic E-state index is 0.0915. The highest BCUT2D eigenvalue weighted by Gasteiger charge is 2.47. The van der Waals surface area contributed by atoms with E-state index in [0.29, 0.717) is 34.5 Å². The second-order valence-electron chi connectivity index (χ2n) is 28.4. The third-order valence-electron chi connectivity index (χ3n) is 21.3. The minimum Gasteiger partial charge on any atom is -0.577 e. The van der Waals surface area contributed by atoms with E-state index in [9.17, 15) is 0 Å². The molecule has 0 fully saturated rings. The van der Waals surface area contributed by atoms with Crippen LogP contribution in [0.5, 0.6) is 34.5 Å². The van der Waals surface area contributed by atoms with Crippen molar-refractivity contribution in [2.24, 2.45) is 0 Å². The number of rotatable bonds is 32. The van der Waals surface area contributed by atoms with Crippen LogP contribution in [0, 0.1) is 13.8 Å². The Kier molecular flexibility index (Phi) is 22.4. The third kappa shape index (κ3) is 16.1. The molecule has 14 heteroatoms. The number of hydrogen-bond donors (Lipinski definition) is 0. The summed E-state index contributed by atoms with van der Waals surface area (Å²) < 4.78 is 40.1. The number of para-hydroxylation sites is 4. The monoisotopic (exact) mass is 1440 g/mol. The Morgan fingerprint density at radius 1 is 0.318 bits per heavy atom. The lowest BCUT2D eigenvalue weighted by Gasteiger charge is -2.34. The lowest BCUT2D eigenvalue weighted by Crippen LogP contribution is -2.37. The summed E-state index contributed by atoms with van der Waals surface area (Å²) in [6.45, 7) is 9.28. The van der Waals surface area contributed by atoms with E-state index in [0.717, 1.165) is 90.1 Å². The maximum atomic E-state index is 6.69. The van der Waals surface area contributed by atoms with E-state index in [1.54, 1.807) is 24.8 Å². The normalized spacial score (nSPS) is 12.1. The highest BCUT2D eigenvalue weighted by molar-refractivity contribution is 6.40. The largest absolute Gasteiger partial charge is 1.20 e. The Morgan fingerprint density at radius 2 is 0.607 bits per heavy atom. The maximum Gasteiger partial charge on any atom is 1.20 e. The molecule has 4 aromatic heterocycles. The summed E-state index contributed by atoms with van der Waals surface area (Å²) in [7, 11) is 4.44. The second kappa shape index (κ2) is 33.4. The van der Waals surface area contributed by atoms with Gasteiger partial charge in [0.1, 0.15) is 45.1 Å². The van der Waals surface area contributed by atoms with Crippen LogP contribution in [0.25, 0.3) is 77.0 Å². The van der Waals surface area contributed by atoms with Crippen LogP contribution in [-0.4, -0.2) is 64.3 Å². The van der Waals surface area contributed by atoms with Crippen molar-refractivity contribution in [1.29, 1.82) is 0 Å². The molecule has 0 saturated heterocycles. The van der Waals surface area contributed by atoms with Crippen molar-refractivity contribution in [3.8, 4) is 67.9 Å². The molecular weight excluding hydrogens is 1350 g/mol. The first-order valence-corrected chi connectivity index (χ1v) is 40.9. The summed E-state index contributed by atoms with van der Waals surface area (Å²) in [5, 5.41) is 3.88. The molecule has 107 heavy (non-hydrogen) atoms. The minimum atomic E-state index is -2.98. The Labute approximate surface area is 639 Å². The number of hydrogen-bond acceptors (Lipinski definition) is 12. The lowest BCUT2D eigenvalue weighted by atomic mass is 9.70. The van der Waals surface area contributed by atoms with E-state index in [4.69, 9.17) is 22.7 Å². The van der Waals surface area contributed by atoms with Gasteiger partial charge in [-0.15, -0.1) is 0 Å². The molecule has 15 rings (SSSR count). The average molecular weight is 1440 g/mol. The second-order valence-corrected chi connectivity index (χ2v) is 30.9. The first kappa shape index (κ1) is 71.9. The molecule has 14 aromatic rings. The van der Waals surface area contributed by atoms with Crippen molar-refractivity contribution in [2.45, 2.75) is 123 Å². The number of unbranched alkanes of at least 4 members (excludes halogenated alkanes) is 10. The van der Waals surface area contributed by atoms with Gasteiger partial charge in [0.05, 0.1) is 11.5 Å². The van der Waals surface area contributed by atoms with Crippen LogP contribution in [0.1, 0.15) is 126 Å². The van der Waals surface area contributed by atoms with Gasteiger partial charge in [0.25, 0.3) is 0 Å². The van der Waals surface area contributed by atoms with Crippen molar-refractivity contribution in [1.82, 2.24) is 19.9 Å². The molecular formula is C93H90Al2N6O6. The zero-order valence-corrected chi connectivity index (χ0v) is 64.4. The van der Waals surface area contributed by atoms with E-state index in [-0.39, 0.29) is 5.41 Å². The number of benzene rings is 10. The smallest absolute Gasteiger partial charge is 0.577 e. The van der Waals surface area contributed by atoms with Gasteiger partial charge in [0, 0.05) is 88.6 Å². The molecule has 10 aromatic carbocycles. The number of nitrogens with zero attached hydrogens (tertiary/aromatic N) is 6. The molecule has 0 saturated carbocycles. The van der Waals surface area contributed by atoms with E-state index < -0.39 is 30.3 Å². The van der Waals surface area contributed by atoms with Crippen LogP contribution in [-0.2, 0) is 5.41 Å². The number of pyridine rings is 4. The number of aryl methyl sites for hydroxylation is 2. The Bertz CT molecular complexity index is 4880. The van der Waals surface area contributed by atoms with Crippen LogP contribution in [0.4, 0.5) is 22.7 Å². The van der Waals surface area contributed by atoms with E-state index in [2.05, 4.69) is 169 Å². The number of aromatic nitrogens is 4. The molecule has 4 heterocycles. The van der Waals surface area contributed by atoms with Crippen molar-refractivity contribution >= 4 is 96.7 Å². The van der Waals surface area contributed by atoms with Crippen molar-refractivity contribution in [3.63, 3.8) is 0 Å². The van der Waals surface area contributed by atoms with Crippen LogP contribution < -0.4 is 32.5 Å². The van der Waals surface area contributed by atoms with Gasteiger partial charge < -0.3 is 32.5 Å². The number of anilines is 4. The predicted octanol–water partition coefficient (Wildman–Crippen LogP) is 24.2. The summed E-state index contributed by atoms with van der Waals surface area (Å²) in [5.74, 6) is 3.71. The topological polar surface area (TPSA) is 113 Å². The first-order valence-electron chi connectivity index (χ1n) is 38.1. The molecule has 1 aliphatic carbocycles. The van der Waals surface area contributed by atoms with Crippen molar-refractivity contribution in [2.75, 3.05) is 23.9 Å². The first-order chi connectivity index (χ1) is 52.6. The summed E-state index contributed by atoms with van der Waals surface area (Å²) in [4.78, 5) is 23.4. The number of fused-ring (bicyclic) bond motifs is 7. The molecule has 0 spiro atoms. The molecule has 0 N–H and O–H groups in total. The summed E-state index contributed by atoms with van der Waals surface area (Å²) in [6.07, 6.45) is 24.6. The summed E-state index contributed by atoms with van der Waals surface area (Å²) >= 11 is -5.96. The lowest BCUT2D eigenvalue weighted by molar-refractivity contribution is 0.309. The fraction of sp³-hybridized carbons (Fsp3) is 0.226. The third-order valence-corrected chi connectivity index (χ3v) is 24.0. The fourth-order valence-electron chi connectivity index (χ4n) is 15.5. The van der Waals surface area contributed by atoms with E-state index in [1.807, 2.05) is 146 Å². The summed E-state index contributed by atoms with van der Waals surface area (Å²) in [5.41, 5.74) is 20.1. The Balaban J connectivity index is 0.692. The summed E-state index contributed by atoms with van der Waals surface area (Å²) in [6, 6.07) is 83.9. The van der Waals surface area contributed by atoms with Crippen LogP contribution in [0.15, 0.2) is 267 Å². The van der Waals surface area contributed by atoms with Gasteiger partial charge in [-0.3, -0.25) is 19.9 Å². The molecule has 12 nitrogen and oxygen atoms in total. The fourth-order valence-corrected chi connectivity index (χ4v) is 18.2. The molecule has 0 atom stereocenters. The van der Waals surface area contributed by atoms with Gasteiger partial charge >= 0.3 is 30.3 Å². The van der Waals surface area contributed by atoms with Gasteiger partial charge in [0.2, 0.25) is 0 Å². The SMILES string of the molecule is CCCCCCCCC1(CCCCCCCC)c2cc(C)c(N(C)c3ccc(-c4ccc([O][Al]([O]c5cccc6cccnc56)[O]c5cccc6cccnc56)cc4)cc3)cc2-c2cc(N(C)c3ccc(-c4ccc([O][Al]([O]c5cccc6cccnc56)[O]c5cccc6cccnc56)cc4)cc3)c(C)cc21. The van der Waals surface area contributed by atoms with Gasteiger partial charge in [0.15, 0.2) is 0 Å². The molecule has 0 amide bonds. The van der Waals surface area contributed by atoms with Gasteiger partial charge in [-0.2, -0.15) is 0 Å². The van der Waals surface area contributed by atoms with E-state index >= 15 is 0 Å². The molecule has 0 unspecified atom stereocenters. The zero-order valence-electron chi connectivity index (χ0n) is 62.1. The van der Waals surface area contributed by atoms with Crippen LogP contribution in [0.2, 0.25) is 0 Å². The van der Waals surface area contributed by atoms with Gasteiger partial charge in [-0.1, -0.05) is 224 Å². The predicted molar refractivity (Wildman–Crippen MR) is 440 cm³/mol. The van der Waals surface area contributed by atoms with E-state index in [1.165, 1.54) is 122 Å². The highest BCUT2D eigenvalue weighted by atomic mass is 27.3. The Morgan fingerprint density at radius 3 is 0.925 bits per heavy atom. The van der Waals surface area contributed by atoms with Gasteiger partial charge in [-0.25, -0.2) is 0 Å². The van der Waals surface area contributed by atoms with Crippen LogP contribution >= 0.6 is 0 Å². The quantitative estimate of drug-likeness (QED) is 0.0295. The molecule has 0 bridgehead atoms. The Hall–Kier alpha value is -10.7. The van der Waals surface area contributed by atoms with Gasteiger partial charge in [-0.05, 0) is 192 Å². The highest BCUT2D eigenvalue weighted by Crippen LogP contribution is 2.57. The average Bonchev–Trinajstić information content (AvgIpc) is 1.55. The molecule has 1 aliphatic rings. The molecule has 0 radical (unpaired) electrons. The van der Waals surface area contributed by atoms with Crippen molar-refractivity contribution < 1.29 is 22.7 Å². The van der Waals surface area contributed by atoms with Crippen LogP contribution in [0.3, 0.4) is 0 Å². The van der Waals surface area contributed by atoms with Crippen molar-refractivity contribution in [3.05, 3.63) is 290 Å². The molecule has 534 valence electrons.